The highest BCUT2D eigenvalue weighted by Crippen LogP contribution is 2.51. The van der Waals surface area contributed by atoms with Gasteiger partial charge < -0.3 is 5.32 Å². The molecule has 0 bridgehead atoms. The number of carbonyl (C=O) groups is 1. The van der Waals surface area contributed by atoms with Crippen LogP contribution >= 0.6 is 0 Å². The van der Waals surface area contributed by atoms with Crippen molar-refractivity contribution in [2.45, 2.75) is 56.4 Å². The zero-order valence-corrected chi connectivity index (χ0v) is 21.4. The third kappa shape index (κ3) is 6.28. The summed E-state index contributed by atoms with van der Waals surface area (Å²) in [7, 11) is 0. The number of rotatable bonds is 9. The molecule has 2 N–H and O–H groups in total. The summed E-state index contributed by atoms with van der Waals surface area (Å²) in [5.74, 6) is -2.74. The number of amides is 1. The maximum absolute atomic E-state index is 14.3. The van der Waals surface area contributed by atoms with Gasteiger partial charge in [0, 0.05) is 5.92 Å². The molecule has 4 atom stereocenters. The van der Waals surface area contributed by atoms with Crippen LogP contribution in [0.5, 0.6) is 0 Å². The predicted octanol–water partition coefficient (Wildman–Crippen LogP) is 6.81. The Hall–Kier alpha value is -3.77. The third-order valence-corrected chi connectivity index (χ3v) is 6.92. The highest BCUT2D eigenvalue weighted by atomic mass is 19.4. The molecule has 1 amide bonds. The van der Waals surface area contributed by atoms with Crippen molar-refractivity contribution in [1.29, 1.82) is 5.26 Å². The summed E-state index contributed by atoms with van der Waals surface area (Å²) >= 11 is 0. The van der Waals surface area contributed by atoms with Crippen molar-refractivity contribution in [3.8, 4) is 17.2 Å². The monoisotopic (exact) mass is 541 g/mol. The Balaban J connectivity index is 1.57. The fourth-order valence-corrected chi connectivity index (χ4v) is 4.87. The van der Waals surface area contributed by atoms with Crippen molar-refractivity contribution < 1.29 is 26.7 Å². The van der Waals surface area contributed by atoms with Crippen LogP contribution in [-0.2, 0) is 4.79 Å². The molecule has 9 heteroatoms. The molecule has 39 heavy (non-hydrogen) atoms. The number of hydrogen-bond acceptors (Lipinski definition) is 3. The lowest BCUT2D eigenvalue weighted by atomic mass is 9.97. The minimum atomic E-state index is -4.78. The van der Waals surface area contributed by atoms with Gasteiger partial charge in [0.05, 0.1) is 17.7 Å². The molecule has 3 aromatic carbocycles. The minimum absolute atomic E-state index is 0.0865. The second-order valence-corrected chi connectivity index (χ2v) is 10.3. The van der Waals surface area contributed by atoms with E-state index in [1.807, 2.05) is 30.3 Å². The molecule has 0 aliphatic heterocycles. The maximum atomic E-state index is 14.3. The maximum Gasteiger partial charge on any atom is 0.407 e. The lowest BCUT2D eigenvalue weighted by molar-refractivity contribution is -0.161. The Morgan fingerprint density at radius 2 is 1.62 bits per heavy atom. The smallest absolute Gasteiger partial charge is 0.336 e. The number of nitriles is 1. The van der Waals surface area contributed by atoms with E-state index in [2.05, 4.69) is 16.7 Å². The Morgan fingerprint density at radius 1 is 1.00 bits per heavy atom. The molecule has 3 aromatic rings. The number of nitrogens with one attached hydrogen (secondary N) is 2. The number of benzene rings is 3. The van der Waals surface area contributed by atoms with Gasteiger partial charge in [0.15, 0.2) is 0 Å². The molecule has 4 nitrogen and oxygen atoms in total. The molecule has 1 unspecified atom stereocenters. The molecule has 1 fully saturated rings. The van der Waals surface area contributed by atoms with E-state index in [0.717, 1.165) is 29.8 Å². The van der Waals surface area contributed by atoms with Crippen LogP contribution in [0.3, 0.4) is 0 Å². The molecule has 0 saturated heterocycles. The SMILES string of the molecule is CC(C)C[C@H](N[C@@H](c1ccc(-c2c(F)cccc2F)cc1)C(F)(F)F)C(=O)N[C@@]1(C#N)CC1c1ccccc1. The lowest BCUT2D eigenvalue weighted by Crippen LogP contribution is -2.52. The van der Waals surface area contributed by atoms with Gasteiger partial charge in [0.2, 0.25) is 5.91 Å². The van der Waals surface area contributed by atoms with Crippen LogP contribution in [0.15, 0.2) is 72.8 Å². The quantitative estimate of drug-likeness (QED) is 0.293. The van der Waals surface area contributed by atoms with Gasteiger partial charge in [0.1, 0.15) is 23.2 Å². The molecule has 4 rings (SSSR count). The zero-order chi connectivity index (χ0) is 28.4. The first kappa shape index (κ1) is 28.2. The van der Waals surface area contributed by atoms with Gasteiger partial charge >= 0.3 is 6.18 Å². The normalized spacial score (nSPS) is 20.2. The van der Waals surface area contributed by atoms with Gasteiger partial charge in [-0.3, -0.25) is 10.1 Å². The first-order valence-corrected chi connectivity index (χ1v) is 12.6. The van der Waals surface area contributed by atoms with Crippen molar-refractivity contribution in [2.24, 2.45) is 5.92 Å². The van der Waals surface area contributed by atoms with Crippen molar-refractivity contribution >= 4 is 5.91 Å². The lowest BCUT2D eigenvalue weighted by Gasteiger charge is -2.29. The number of halogens is 5. The largest absolute Gasteiger partial charge is 0.407 e. The topological polar surface area (TPSA) is 64.9 Å². The summed E-state index contributed by atoms with van der Waals surface area (Å²) < 4.78 is 71.1. The second kappa shape index (κ2) is 11.1. The fourth-order valence-electron chi connectivity index (χ4n) is 4.87. The Bertz CT molecular complexity index is 1330. The standard InChI is InChI=1S/C30H28F5N3O/c1-18(2)15-25(28(39)38-29(17-36)16-22(29)19-7-4-3-5-8-19)37-27(30(33,34)35)21-13-11-20(12-14-21)26-23(31)9-6-10-24(26)32/h3-14,18,22,25,27,37H,15-16H2,1-2H3,(H,38,39)/t22?,25-,27-,29+/m0/s1. The first-order valence-electron chi connectivity index (χ1n) is 12.6. The summed E-state index contributed by atoms with van der Waals surface area (Å²) in [6.45, 7) is 3.57. The number of nitrogens with zero attached hydrogens (tertiary/aromatic N) is 1. The predicted molar refractivity (Wildman–Crippen MR) is 137 cm³/mol. The van der Waals surface area contributed by atoms with Crippen LogP contribution in [0.4, 0.5) is 22.0 Å². The van der Waals surface area contributed by atoms with Crippen LogP contribution in [-0.4, -0.2) is 23.7 Å². The molecular formula is C30H28F5N3O. The summed E-state index contributed by atoms with van der Waals surface area (Å²) in [5.41, 5.74) is -0.783. The molecule has 1 saturated carbocycles. The van der Waals surface area contributed by atoms with Gasteiger partial charge in [-0.05, 0) is 47.6 Å². The van der Waals surface area contributed by atoms with Crippen LogP contribution < -0.4 is 10.6 Å². The van der Waals surface area contributed by atoms with E-state index in [1.165, 1.54) is 18.2 Å². The summed E-state index contributed by atoms with van der Waals surface area (Å²) in [4.78, 5) is 13.3. The van der Waals surface area contributed by atoms with Crippen molar-refractivity contribution in [3.05, 3.63) is 95.6 Å². The summed E-state index contributed by atoms with van der Waals surface area (Å²) in [6, 6.07) is 15.9. The minimum Gasteiger partial charge on any atom is -0.336 e. The van der Waals surface area contributed by atoms with E-state index < -0.39 is 41.3 Å². The number of carbonyl (C=O) groups excluding carboxylic acids is 1. The average molecular weight is 542 g/mol. The molecule has 0 heterocycles. The fraction of sp³-hybridized carbons (Fsp3) is 0.333. The molecule has 0 spiro atoms. The van der Waals surface area contributed by atoms with Gasteiger partial charge in [-0.1, -0.05) is 74.5 Å². The van der Waals surface area contributed by atoms with Crippen LogP contribution in [0.1, 0.15) is 49.8 Å². The number of hydrogen-bond donors (Lipinski definition) is 2. The Morgan fingerprint density at radius 3 is 2.15 bits per heavy atom. The number of alkyl halides is 3. The molecule has 1 aliphatic rings. The summed E-state index contributed by atoms with van der Waals surface area (Å²) in [5, 5.41) is 15.0. The van der Waals surface area contributed by atoms with Crippen molar-refractivity contribution in [1.82, 2.24) is 10.6 Å². The third-order valence-electron chi connectivity index (χ3n) is 6.92. The Labute approximate surface area is 223 Å². The van der Waals surface area contributed by atoms with Gasteiger partial charge in [-0.2, -0.15) is 18.4 Å². The molecular weight excluding hydrogens is 513 g/mol. The highest BCUT2D eigenvalue weighted by molar-refractivity contribution is 5.84. The van der Waals surface area contributed by atoms with Crippen molar-refractivity contribution in [3.63, 3.8) is 0 Å². The first-order chi connectivity index (χ1) is 18.4. The van der Waals surface area contributed by atoms with Crippen LogP contribution in [0.2, 0.25) is 0 Å². The van der Waals surface area contributed by atoms with Crippen molar-refractivity contribution in [2.75, 3.05) is 0 Å². The van der Waals surface area contributed by atoms with E-state index in [9.17, 15) is 32.0 Å². The van der Waals surface area contributed by atoms with E-state index in [0.29, 0.717) is 6.42 Å². The van der Waals surface area contributed by atoms with E-state index in [4.69, 9.17) is 0 Å². The van der Waals surface area contributed by atoms with E-state index >= 15 is 0 Å². The van der Waals surface area contributed by atoms with Crippen LogP contribution in [0, 0.1) is 28.9 Å². The van der Waals surface area contributed by atoms with Gasteiger partial charge in [-0.25, -0.2) is 8.78 Å². The zero-order valence-electron chi connectivity index (χ0n) is 21.4. The summed E-state index contributed by atoms with van der Waals surface area (Å²) in [6.07, 6.45) is -4.32. The highest BCUT2D eigenvalue weighted by Gasteiger charge is 2.57. The van der Waals surface area contributed by atoms with Crippen LogP contribution in [0.25, 0.3) is 11.1 Å². The second-order valence-electron chi connectivity index (χ2n) is 10.3. The molecule has 0 radical (unpaired) electrons. The molecule has 0 aromatic heterocycles. The average Bonchev–Trinajstić information content (AvgIpc) is 3.61. The molecule has 204 valence electrons. The van der Waals surface area contributed by atoms with E-state index in [1.54, 1.807) is 13.8 Å². The Kier molecular flexibility index (Phi) is 8.07. The van der Waals surface area contributed by atoms with Gasteiger partial charge in [0.25, 0.3) is 0 Å². The van der Waals surface area contributed by atoms with Gasteiger partial charge in [-0.15, -0.1) is 0 Å². The van der Waals surface area contributed by atoms with E-state index in [-0.39, 0.29) is 34.9 Å². The molecule has 1 aliphatic carbocycles.